The second-order valence-corrected chi connectivity index (χ2v) is 7.55. The predicted octanol–water partition coefficient (Wildman–Crippen LogP) is 3.25. The smallest absolute Gasteiger partial charge is 0.228 e. The fourth-order valence-corrected chi connectivity index (χ4v) is 4.09. The lowest BCUT2D eigenvalue weighted by Crippen LogP contribution is -2.35. The second kappa shape index (κ2) is 5.66. The zero-order valence-electron chi connectivity index (χ0n) is 12.1. The number of pyridine rings is 1. The van der Waals surface area contributed by atoms with Gasteiger partial charge in [0.2, 0.25) is 5.91 Å². The number of halogens is 1. The molecule has 1 amide bonds. The minimum atomic E-state index is 0.0775. The zero-order chi connectivity index (χ0) is 15.1. The number of nitrogens with zero attached hydrogens (tertiary/aromatic N) is 3. The molecule has 1 aliphatic carbocycles. The molecule has 2 fully saturated rings. The van der Waals surface area contributed by atoms with Crippen molar-refractivity contribution in [3.05, 3.63) is 12.3 Å². The number of aromatic nitrogens is 2. The third-order valence-corrected chi connectivity index (χ3v) is 5.61. The molecule has 4 rings (SSSR count). The van der Waals surface area contributed by atoms with E-state index in [-0.39, 0.29) is 17.2 Å². The van der Waals surface area contributed by atoms with Gasteiger partial charge in [0.15, 0.2) is 10.9 Å². The summed E-state index contributed by atoms with van der Waals surface area (Å²) in [5.41, 5.74) is 0.887. The van der Waals surface area contributed by atoms with Crippen LogP contribution in [0.4, 0.5) is 10.9 Å². The fourth-order valence-electron chi connectivity index (χ4n) is 2.73. The first-order valence-electron chi connectivity index (χ1n) is 7.66. The topological polar surface area (TPSA) is 58.1 Å². The predicted molar refractivity (Wildman–Crippen MR) is 89.9 cm³/mol. The fraction of sp³-hybridized carbons (Fsp3) is 0.533. The summed E-state index contributed by atoms with van der Waals surface area (Å²) >= 11 is 7.85. The normalized spacial score (nSPS) is 22.0. The number of hydrogen-bond donors (Lipinski definition) is 1. The number of amides is 1. The van der Waals surface area contributed by atoms with E-state index < -0.39 is 0 Å². The lowest BCUT2D eigenvalue weighted by Gasteiger charge is -2.29. The highest BCUT2D eigenvalue weighted by Crippen LogP contribution is 2.36. The van der Waals surface area contributed by atoms with Gasteiger partial charge in [0.05, 0.1) is 15.6 Å². The van der Waals surface area contributed by atoms with Crippen molar-refractivity contribution in [1.29, 1.82) is 0 Å². The molecule has 7 heteroatoms. The molecule has 22 heavy (non-hydrogen) atoms. The maximum absolute atomic E-state index is 12.0. The Hall–Kier alpha value is -1.40. The van der Waals surface area contributed by atoms with Gasteiger partial charge in [0, 0.05) is 25.2 Å². The van der Waals surface area contributed by atoms with Crippen molar-refractivity contribution in [3.8, 4) is 0 Å². The molecule has 3 heterocycles. The Kier molecular flexibility index (Phi) is 3.66. The van der Waals surface area contributed by atoms with Crippen LogP contribution in [0.1, 0.15) is 25.7 Å². The van der Waals surface area contributed by atoms with Crippen molar-refractivity contribution in [2.75, 3.05) is 23.3 Å². The van der Waals surface area contributed by atoms with E-state index in [0.29, 0.717) is 5.82 Å². The van der Waals surface area contributed by atoms with Crippen LogP contribution in [-0.4, -0.2) is 34.3 Å². The second-order valence-electron chi connectivity index (χ2n) is 5.95. The van der Waals surface area contributed by atoms with Crippen molar-refractivity contribution in [3.63, 3.8) is 0 Å². The van der Waals surface area contributed by atoms with Gasteiger partial charge >= 0.3 is 0 Å². The van der Waals surface area contributed by atoms with E-state index >= 15 is 0 Å². The Bertz CT molecular complexity index is 715. The third-order valence-electron chi connectivity index (χ3n) is 4.12. The highest BCUT2D eigenvalue weighted by Gasteiger charge is 2.30. The summed E-state index contributed by atoms with van der Waals surface area (Å²) in [6, 6.07) is 1.89. The van der Waals surface area contributed by atoms with Crippen molar-refractivity contribution in [2.45, 2.75) is 31.1 Å². The first-order valence-corrected chi connectivity index (χ1v) is 8.91. The quantitative estimate of drug-likeness (QED) is 0.874. The van der Waals surface area contributed by atoms with E-state index in [9.17, 15) is 4.79 Å². The monoisotopic (exact) mass is 336 g/mol. The van der Waals surface area contributed by atoms with Crippen molar-refractivity contribution in [2.24, 2.45) is 5.92 Å². The van der Waals surface area contributed by atoms with Gasteiger partial charge < -0.3 is 10.2 Å². The summed E-state index contributed by atoms with van der Waals surface area (Å²) in [5.74, 6) is 0.884. The SMILES string of the molecule is O=C(Nc1nccc2nc(N3CCC[C@H](Cl)C3)sc12)C1CC1. The van der Waals surface area contributed by atoms with Gasteiger partial charge in [-0.2, -0.15) is 0 Å². The van der Waals surface area contributed by atoms with E-state index in [4.69, 9.17) is 16.6 Å². The number of anilines is 2. The molecule has 0 bridgehead atoms. The van der Waals surface area contributed by atoms with Crippen LogP contribution in [0.25, 0.3) is 10.2 Å². The molecule has 1 aliphatic heterocycles. The van der Waals surface area contributed by atoms with E-state index in [1.807, 2.05) is 6.07 Å². The molecule has 0 aromatic carbocycles. The standard InChI is InChI=1S/C15H17ClN4OS/c16-10-2-1-7-20(8-10)15-18-11-5-6-17-13(12(11)22-15)19-14(21)9-3-4-9/h5-6,9-10H,1-4,7-8H2,(H,17,19,21)/t10-/m0/s1. The average Bonchev–Trinajstić information content (AvgIpc) is 3.26. The molecule has 2 aliphatic rings. The van der Waals surface area contributed by atoms with Gasteiger partial charge in [-0.15, -0.1) is 11.6 Å². The number of fused-ring (bicyclic) bond motifs is 1. The molecular formula is C15H17ClN4OS. The molecule has 0 unspecified atom stereocenters. The molecule has 1 saturated carbocycles. The number of carbonyl (C=O) groups is 1. The first kappa shape index (κ1) is 14.2. The third kappa shape index (κ3) is 2.77. The summed E-state index contributed by atoms with van der Waals surface area (Å²) in [5, 5.41) is 4.10. The molecule has 1 atom stereocenters. The summed E-state index contributed by atoms with van der Waals surface area (Å²) in [4.78, 5) is 23.2. The van der Waals surface area contributed by atoms with Crippen LogP contribution in [0, 0.1) is 5.92 Å². The van der Waals surface area contributed by atoms with Crippen LogP contribution in [-0.2, 0) is 4.79 Å². The van der Waals surface area contributed by atoms with Crippen LogP contribution < -0.4 is 10.2 Å². The van der Waals surface area contributed by atoms with E-state index in [1.54, 1.807) is 17.5 Å². The van der Waals surface area contributed by atoms with Crippen LogP contribution in [0.3, 0.4) is 0 Å². The Morgan fingerprint density at radius 2 is 2.27 bits per heavy atom. The van der Waals surface area contributed by atoms with Crippen LogP contribution in [0.15, 0.2) is 12.3 Å². The molecular weight excluding hydrogens is 320 g/mol. The molecule has 0 radical (unpaired) electrons. The molecule has 1 saturated heterocycles. The Labute approximate surface area is 137 Å². The molecule has 5 nitrogen and oxygen atoms in total. The number of piperidine rings is 1. The van der Waals surface area contributed by atoms with Gasteiger partial charge in [-0.05, 0) is 31.7 Å². The van der Waals surface area contributed by atoms with E-state index in [0.717, 1.165) is 54.1 Å². The van der Waals surface area contributed by atoms with Crippen molar-refractivity contribution < 1.29 is 4.79 Å². The summed E-state index contributed by atoms with van der Waals surface area (Å²) < 4.78 is 0.947. The maximum atomic E-state index is 12.0. The number of hydrogen-bond acceptors (Lipinski definition) is 5. The molecule has 2 aromatic heterocycles. The largest absolute Gasteiger partial charge is 0.347 e. The molecule has 116 valence electrons. The lowest BCUT2D eigenvalue weighted by atomic mass is 10.1. The van der Waals surface area contributed by atoms with Gasteiger partial charge in [-0.1, -0.05) is 11.3 Å². The summed E-state index contributed by atoms with van der Waals surface area (Å²) in [7, 11) is 0. The Morgan fingerprint density at radius 3 is 3.05 bits per heavy atom. The van der Waals surface area contributed by atoms with Crippen LogP contribution in [0.5, 0.6) is 0 Å². The van der Waals surface area contributed by atoms with Gasteiger partial charge in [0.25, 0.3) is 0 Å². The van der Waals surface area contributed by atoms with Crippen molar-refractivity contribution in [1.82, 2.24) is 9.97 Å². The molecule has 0 spiro atoms. The minimum absolute atomic E-state index is 0.0775. The highest BCUT2D eigenvalue weighted by atomic mass is 35.5. The maximum Gasteiger partial charge on any atom is 0.228 e. The minimum Gasteiger partial charge on any atom is -0.347 e. The number of carbonyl (C=O) groups excluding carboxylic acids is 1. The van der Waals surface area contributed by atoms with Gasteiger partial charge in [-0.3, -0.25) is 4.79 Å². The number of alkyl halides is 1. The zero-order valence-corrected chi connectivity index (χ0v) is 13.7. The average molecular weight is 337 g/mol. The highest BCUT2D eigenvalue weighted by molar-refractivity contribution is 7.22. The first-order chi connectivity index (χ1) is 10.7. The summed E-state index contributed by atoms with van der Waals surface area (Å²) in [6.07, 6.45) is 5.83. The summed E-state index contributed by atoms with van der Waals surface area (Å²) in [6.45, 7) is 1.82. The Morgan fingerprint density at radius 1 is 1.41 bits per heavy atom. The lowest BCUT2D eigenvalue weighted by molar-refractivity contribution is -0.117. The van der Waals surface area contributed by atoms with Crippen molar-refractivity contribution >= 4 is 50.0 Å². The number of nitrogens with one attached hydrogen (secondary N) is 1. The van der Waals surface area contributed by atoms with E-state index in [1.165, 1.54) is 0 Å². The van der Waals surface area contributed by atoms with Gasteiger partial charge in [-0.25, -0.2) is 9.97 Å². The molecule has 2 aromatic rings. The van der Waals surface area contributed by atoms with Gasteiger partial charge in [0.1, 0.15) is 0 Å². The Balaban J connectivity index is 1.63. The van der Waals surface area contributed by atoms with E-state index in [2.05, 4.69) is 15.2 Å². The van der Waals surface area contributed by atoms with Crippen LogP contribution in [0.2, 0.25) is 0 Å². The number of thiazole rings is 1. The molecule has 1 N–H and O–H groups in total. The number of rotatable bonds is 3. The van der Waals surface area contributed by atoms with Crippen LogP contribution >= 0.6 is 22.9 Å².